The van der Waals surface area contributed by atoms with E-state index in [-0.39, 0.29) is 48.1 Å². The van der Waals surface area contributed by atoms with Gasteiger partial charge in [0.1, 0.15) is 23.3 Å². The molecule has 0 saturated heterocycles. The number of benzene rings is 2. The molecule has 0 fully saturated rings. The molecule has 302 valence electrons. The van der Waals surface area contributed by atoms with Crippen LogP contribution in [0.5, 0.6) is 11.5 Å². The second-order valence-electron chi connectivity index (χ2n) is 12.6. The first-order valence-corrected chi connectivity index (χ1v) is 18.1. The molecule has 56 heavy (non-hydrogen) atoms. The molecule has 4 amide bonds. The molecule has 0 aliphatic heterocycles. The third kappa shape index (κ3) is 12.1. The van der Waals surface area contributed by atoms with Crippen molar-refractivity contribution in [2.75, 3.05) is 20.4 Å². The van der Waals surface area contributed by atoms with E-state index in [9.17, 15) is 38.7 Å². The number of rotatable bonds is 23. The molecule has 0 bridgehead atoms. The lowest BCUT2D eigenvalue weighted by molar-refractivity contribution is -0.171. The third-order valence-corrected chi connectivity index (χ3v) is 8.74. The van der Waals surface area contributed by atoms with Gasteiger partial charge in [0.25, 0.3) is 11.8 Å². The van der Waals surface area contributed by atoms with Crippen molar-refractivity contribution in [3.05, 3.63) is 71.0 Å². The molecule has 1 aromatic heterocycles. The van der Waals surface area contributed by atoms with Gasteiger partial charge in [-0.3, -0.25) is 24.0 Å². The van der Waals surface area contributed by atoms with Gasteiger partial charge in [0.2, 0.25) is 12.3 Å². The number of unbranched alkanes of at least 4 members (excludes halogenated alkanes) is 2. The summed E-state index contributed by atoms with van der Waals surface area (Å²) in [5, 5.41) is 26.6. The van der Waals surface area contributed by atoms with Crippen molar-refractivity contribution in [1.82, 2.24) is 21.0 Å². The number of carboxylic acids is 2. The number of amides is 4. The Labute approximate surface area is 323 Å². The van der Waals surface area contributed by atoms with E-state index in [0.717, 1.165) is 17.9 Å². The Kier molecular flexibility index (Phi) is 16.9. The van der Waals surface area contributed by atoms with Crippen LogP contribution in [-0.2, 0) is 24.0 Å². The number of carbonyl (C=O) groups is 7. The Morgan fingerprint density at radius 1 is 0.911 bits per heavy atom. The van der Waals surface area contributed by atoms with Gasteiger partial charge >= 0.3 is 17.9 Å². The molecule has 5 N–H and O–H groups in total. The average Bonchev–Trinajstić information content (AvgIpc) is 3.67. The van der Waals surface area contributed by atoms with Gasteiger partial charge in [-0.2, -0.15) is 5.06 Å². The van der Waals surface area contributed by atoms with Crippen molar-refractivity contribution in [2.45, 2.75) is 78.3 Å². The number of hydrogen-bond acceptors (Lipinski definition) is 11. The summed E-state index contributed by atoms with van der Waals surface area (Å²) in [6, 6.07) is 9.48. The van der Waals surface area contributed by atoms with Crippen LogP contribution in [0.2, 0.25) is 0 Å². The molecular weight excluding hydrogens is 732 g/mol. The van der Waals surface area contributed by atoms with Crippen molar-refractivity contribution >= 4 is 42.0 Å². The van der Waals surface area contributed by atoms with Crippen molar-refractivity contribution in [1.29, 1.82) is 0 Å². The van der Waals surface area contributed by atoms with Crippen LogP contribution in [0.15, 0.2) is 52.9 Å². The number of furan rings is 1. The first-order valence-electron chi connectivity index (χ1n) is 18.1. The molecule has 17 heteroatoms. The Bertz CT molecular complexity index is 1870. The molecule has 0 aliphatic carbocycles. The van der Waals surface area contributed by atoms with E-state index in [1.807, 2.05) is 6.92 Å². The van der Waals surface area contributed by atoms with Gasteiger partial charge < -0.3 is 44.9 Å². The van der Waals surface area contributed by atoms with Gasteiger partial charge in [-0.25, -0.2) is 9.59 Å². The summed E-state index contributed by atoms with van der Waals surface area (Å²) in [4.78, 5) is 92.8. The minimum atomic E-state index is -1.67. The molecule has 17 nitrogen and oxygen atoms in total. The normalized spacial score (nSPS) is 12.3. The number of hydroxylamine groups is 2. The fraction of sp³-hybridized carbons (Fsp3) is 0.410. The highest BCUT2D eigenvalue weighted by Gasteiger charge is 2.34. The SMILES string of the molecule is CCCCCC(C(=O)NCNC(=O)c1ccc(-c2ccc(C(=O)NC(CC(=O)O)C(=O)O)c(OCC)c2)o1)C(CC)N(C=O)OC(=O)c1ccc(OC)cc1C. The maximum absolute atomic E-state index is 13.6. The maximum atomic E-state index is 13.6. The zero-order valence-electron chi connectivity index (χ0n) is 31.9. The summed E-state index contributed by atoms with van der Waals surface area (Å²) in [7, 11) is 1.50. The number of methoxy groups -OCH3 is 1. The fourth-order valence-corrected chi connectivity index (χ4v) is 5.85. The molecule has 1 heterocycles. The second kappa shape index (κ2) is 21.5. The first-order chi connectivity index (χ1) is 26.8. The van der Waals surface area contributed by atoms with Crippen LogP contribution >= 0.6 is 0 Å². The zero-order chi connectivity index (χ0) is 41.4. The molecule has 3 rings (SSSR count). The number of hydrogen-bond donors (Lipinski definition) is 5. The molecule has 0 spiro atoms. The summed E-state index contributed by atoms with van der Waals surface area (Å²) < 4.78 is 16.5. The number of carbonyl (C=O) groups excluding carboxylic acids is 5. The largest absolute Gasteiger partial charge is 0.497 e. The molecular formula is C39H48N4O13. The van der Waals surface area contributed by atoms with Crippen LogP contribution in [0.3, 0.4) is 0 Å². The highest BCUT2D eigenvalue weighted by molar-refractivity contribution is 6.00. The van der Waals surface area contributed by atoms with Crippen molar-refractivity contribution in [3.63, 3.8) is 0 Å². The lowest BCUT2D eigenvalue weighted by atomic mass is 9.90. The number of nitrogens with one attached hydrogen (secondary N) is 3. The van der Waals surface area contributed by atoms with E-state index in [0.29, 0.717) is 36.1 Å². The average molecular weight is 781 g/mol. The predicted molar refractivity (Wildman–Crippen MR) is 200 cm³/mol. The minimum absolute atomic E-state index is 0.0485. The van der Waals surface area contributed by atoms with Crippen molar-refractivity contribution < 1.29 is 62.5 Å². The number of ether oxygens (including phenoxy) is 2. The van der Waals surface area contributed by atoms with Gasteiger partial charge in [0.15, 0.2) is 5.76 Å². The summed E-state index contributed by atoms with van der Waals surface area (Å²) in [5.74, 6) is -5.76. The fourth-order valence-electron chi connectivity index (χ4n) is 5.85. The van der Waals surface area contributed by atoms with Gasteiger partial charge in [-0.15, -0.1) is 0 Å². The van der Waals surface area contributed by atoms with E-state index in [4.69, 9.17) is 23.8 Å². The maximum Gasteiger partial charge on any atom is 0.363 e. The number of aliphatic carboxylic acids is 2. The van der Waals surface area contributed by atoms with Crippen LogP contribution < -0.4 is 25.4 Å². The molecule has 3 atom stereocenters. The van der Waals surface area contributed by atoms with Crippen molar-refractivity contribution in [2.24, 2.45) is 5.92 Å². The Hall–Kier alpha value is -6.39. The van der Waals surface area contributed by atoms with E-state index in [1.165, 1.54) is 43.5 Å². The van der Waals surface area contributed by atoms with Crippen LogP contribution in [0, 0.1) is 12.8 Å². The van der Waals surface area contributed by atoms with Crippen molar-refractivity contribution in [3.8, 4) is 22.8 Å². The zero-order valence-corrected chi connectivity index (χ0v) is 31.9. The van der Waals surface area contributed by atoms with E-state index >= 15 is 0 Å². The van der Waals surface area contributed by atoms with Gasteiger partial charge in [-0.05, 0) is 74.7 Å². The van der Waals surface area contributed by atoms with E-state index < -0.39 is 60.1 Å². The van der Waals surface area contributed by atoms with Gasteiger partial charge in [0.05, 0.1) is 49.9 Å². The molecule has 3 unspecified atom stereocenters. The van der Waals surface area contributed by atoms with Gasteiger partial charge in [-0.1, -0.05) is 39.2 Å². The summed E-state index contributed by atoms with van der Waals surface area (Å²) in [5.41, 5.74) is 1.16. The summed E-state index contributed by atoms with van der Waals surface area (Å²) >= 11 is 0. The Balaban J connectivity index is 1.70. The quantitative estimate of drug-likeness (QED) is 0.0390. The van der Waals surface area contributed by atoms with E-state index in [1.54, 1.807) is 32.9 Å². The lowest BCUT2D eigenvalue weighted by Crippen LogP contribution is -2.49. The Morgan fingerprint density at radius 3 is 2.25 bits per heavy atom. The van der Waals surface area contributed by atoms with Crippen LogP contribution in [0.4, 0.5) is 0 Å². The summed E-state index contributed by atoms with van der Waals surface area (Å²) in [6.07, 6.45) is 2.57. The molecule has 0 radical (unpaired) electrons. The Morgan fingerprint density at radius 2 is 1.64 bits per heavy atom. The molecule has 0 aliphatic rings. The minimum Gasteiger partial charge on any atom is -0.497 e. The molecule has 0 saturated carbocycles. The summed E-state index contributed by atoms with van der Waals surface area (Å²) in [6.45, 7) is 6.99. The number of nitrogens with zero attached hydrogens (tertiary/aromatic N) is 1. The highest BCUT2D eigenvalue weighted by Crippen LogP contribution is 2.30. The van der Waals surface area contributed by atoms with Gasteiger partial charge in [0, 0.05) is 5.56 Å². The smallest absolute Gasteiger partial charge is 0.363 e. The lowest BCUT2D eigenvalue weighted by Gasteiger charge is -2.32. The van der Waals surface area contributed by atoms with E-state index in [2.05, 4.69) is 16.0 Å². The second-order valence-corrected chi connectivity index (χ2v) is 12.6. The molecule has 2 aromatic carbocycles. The topological polar surface area (TPSA) is 240 Å². The monoisotopic (exact) mass is 780 g/mol. The predicted octanol–water partition coefficient (Wildman–Crippen LogP) is 4.33. The number of aryl methyl sites for hydroxylation is 1. The van der Waals surface area contributed by atoms with Crippen LogP contribution in [0.1, 0.15) is 96.1 Å². The van der Waals surface area contributed by atoms with Crippen LogP contribution in [-0.4, -0.2) is 89.8 Å². The van der Waals surface area contributed by atoms with Crippen LogP contribution in [0.25, 0.3) is 11.3 Å². The highest BCUT2D eigenvalue weighted by atomic mass is 16.7. The standard InChI is InChI=1S/C39H48N4O13/c1-6-9-10-11-27(30(7-2)43(22-44)56-39(52)26-15-13-25(53-5)18-23(26)4)35(47)40-21-41-37(49)32-17-16-31(55-32)24-12-14-28(33(19-24)54-8-3)36(48)42-29(38(50)51)20-34(45)46/h12-19,22,27,29-30H,6-11,20-21H2,1-5H3,(H,40,47)(H,41,49)(H,42,48)(H,45,46)(H,50,51). The first kappa shape index (κ1) is 44.0. The third-order valence-electron chi connectivity index (χ3n) is 8.74. The molecule has 3 aromatic rings. The number of carboxylic acid groups (broad SMARTS) is 2.